The van der Waals surface area contributed by atoms with Gasteiger partial charge in [-0.1, -0.05) is 11.8 Å². The first-order valence-electron chi connectivity index (χ1n) is 5.06. The van der Waals surface area contributed by atoms with E-state index in [1.54, 1.807) is 12.4 Å². The summed E-state index contributed by atoms with van der Waals surface area (Å²) >= 11 is 1.46. The van der Waals surface area contributed by atoms with Crippen LogP contribution >= 0.6 is 11.8 Å². The van der Waals surface area contributed by atoms with Gasteiger partial charge in [0.2, 0.25) is 0 Å². The van der Waals surface area contributed by atoms with Gasteiger partial charge in [-0.05, 0) is 19.1 Å². The predicted octanol–water partition coefficient (Wildman–Crippen LogP) is 0.856. The summed E-state index contributed by atoms with van der Waals surface area (Å²) in [6, 6.07) is 0.367. The van der Waals surface area contributed by atoms with Crippen LogP contribution in [0.2, 0.25) is 0 Å². The molecule has 1 N–H and O–H groups in total. The largest absolute Gasteiger partial charge is 0.481 e. The smallest absolute Gasteiger partial charge is 0.258 e. The molecule has 1 aliphatic rings. The number of ether oxygens (including phenoxy) is 1. The van der Waals surface area contributed by atoms with Crippen LogP contribution in [0.25, 0.3) is 0 Å². The summed E-state index contributed by atoms with van der Waals surface area (Å²) in [6.45, 7) is 0.0263. The van der Waals surface area contributed by atoms with Crippen molar-refractivity contribution in [3.63, 3.8) is 0 Å². The summed E-state index contributed by atoms with van der Waals surface area (Å²) in [4.78, 5) is 19.4. The summed E-state index contributed by atoms with van der Waals surface area (Å²) in [6.07, 6.45) is 7.21. The Kier molecular flexibility index (Phi) is 3.61. The van der Waals surface area contributed by atoms with Crippen LogP contribution in [0.15, 0.2) is 17.6 Å². The Morgan fingerprint density at radius 1 is 1.56 bits per heavy atom. The molecule has 1 fully saturated rings. The standard InChI is InChI=1S/C10H13N3O2S/c1-16-10-11-4-8(5-12-10)15-6-9(14)13-7-2-3-7/h4-5,7H,2-3,6H2,1H3,(H,13,14). The molecular weight excluding hydrogens is 226 g/mol. The Balaban J connectivity index is 1.76. The van der Waals surface area contributed by atoms with Crippen LogP contribution in [-0.2, 0) is 4.79 Å². The van der Waals surface area contributed by atoms with E-state index < -0.39 is 0 Å². The fourth-order valence-corrected chi connectivity index (χ4v) is 1.45. The molecule has 1 saturated carbocycles. The minimum absolute atomic E-state index is 0.0263. The van der Waals surface area contributed by atoms with E-state index in [1.807, 2.05) is 6.26 Å². The third-order valence-electron chi connectivity index (χ3n) is 2.10. The maximum Gasteiger partial charge on any atom is 0.258 e. The molecule has 16 heavy (non-hydrogen) atoms. The van der Waals surface area contributed by atoms with Crippen LogP contribution in [0.1, 0.15) is 12.8 Å². The van der Waals surface area contributed by atoms with Gasteiger partial charge in [-0.2, -0.15) is 0 Å². The number of hydrogen-bond acceptors (Lipinski definition) is 5. The topological polar surface area (TPSA) is 64.1 Å². The van der Waals surface area contributed by atoms with E-state index in [2.05, 4.69) is 15.3 Å². The lowest BCUT2D eigenvalue weighted by atomic mass is 10.5. The highest BCUT2D eigenvalue weighted by molar-refractivity contribution is 7.98. The molecule has 1 amide bonds. The van der Waals surface area contributed by atoms with Crippen LogP contribution in [0.3, 0.4) is 0 Å². The molecule has 0 saturated heterocycles. The number of aromatic nitrogens is 2. The van der Waals surface area contributed by atoms with E-state index in [1.165, 1.54) is 11.8 Å². The number of rotatable bonds is 5. The first-order valence-corrected chi connectivity index (χ1v) is 6.28. The van der Waals surface area contributed by atoms with Crippen LogP contribution in [-0.4, -0.2) is 34.8 Å². The molecule has 0 unspecified atom stereocenters. The molecule has 1 heterocycles. The summed E-state index contributed by atoms with van der Waals surface area (Å²) < 4.78 is 5.25. The molecule has 0 atom stereocenters. The molecule has 0 radical (unpaired) electrons. The zero-order valence-electron chi connectivity index (χ0n) is 8.97. The summed E-state index contributed by atoms with van der Waals surface area (Å²) in [5, 5.41) is 3.53. The van der Waals surface area contributed by atoms with Gasteiger partial charge in [0, 0.05) is 6.04 Å². The van der Waals surface area contributed by atoms with Gasteiger partial charge in [-0.25, -0.2) is 9.97 Å². The second kappa shape index (κ2) is 5.16. The van der Waals surface area contributed by atoms with Gasteiger partial charge in [0.15, 0.2) is 17.5 Å². The monoisotopic (exact) mass is 239 g/mol. The lowest BCUT2D eigenvalue weighted by Crippen LogP contribution is -2.30. The van der Waals surface area contributed by atoms with Crippen LogP contribution in [0.4, 0.5) is 0 Å². The predicted molar refractivity (Wildman–Crippen MR) is 60.5 cm³/mol. The van der Waals surface area contributed by atoms with Crippen molar-refractivity contribution in [3.8, 4) is 5.75 Å². The minimum Gasteiger partial charge on any atom is -0.481 e. The Bertz CT molecular complexity index is 365. The van der Waals surface area contributed by atoms with Crippen molar-refractivity contribution in [2.24, 2.45) is 0 Å². The van der Waals surface area contributed by atoms with Gasteiger partial charge in [0.05, 0.1) is 12.4 Å². The molecule has 0 spiro atoms. The number of thioether (sulfide) groups is 1. The van der Waals surface area contributed by atoms with Crippen LogP contribution in [0, 0.1) is 0 Å². The zero-order valence-corrected chi connectivity index (χ0v) is 9.79. The van der Waals surface area contributed by atoms with Gasteiger partial charge in [0.1, 0.15) is 0 Å². The third-order valence-corrected chi connectivity index (χ3v) is 2.68. The maximum absolute atomic E-state index is 11.3. The first-order chi connectivity index (χ1) is 7.78. The van der Waals surface area contributed by atoms with Crippen molar-refractivity contribution in [1.82, 2.24) is 15.3 Å². The van der Waals surface area contributed by atoms with Gasteiger partial charge in [-0.15, -0.1) is 0 Å². The minimum atomic E-state index is -0.0866. The number of amides is 1. The summed E-state index contributed by atoms with van der Waals surface area (Å²) in [5.41, 5.74) is 0. The highest BCUT2D eigenvalue weighted by Gasteiger charge is 2.23. The molecule has 0 bridgehead atoms. The number of carbonyl (C=O) groups is 1. The lowest BCUT2D eigenvalue weighted by molar-refractivity contribution is -0.123. The van der Waals surface area contributed by atoms with E-state index >= 15 is 0 Å². The van der Waals surface area contributed by atoms with Crippen molar-refractivity contribution < 1.29 is 9.53 Å². The quantitative estimate of drug-likeness (QED) is 0.610. The third kappa shape index (κ3) is 3.37. The fourth-order valence-electron chi connectivity index (χ4n) is 1.13. The van der Waals surface area contributed by atoms with E-state index in [4.69, 9.17) is 4.74 Å². The van der Waals surface area contributed by atoms with Crippen molar-refractivity contribution in [2.45, 2.75) is 24.0 Å². The Hall–Kier alpha value is -1.30. The Morgan fingerprint density at radius 3 is 2.81 bits per heavy atom. The maximum atomic E-state index is 11.3. The second-order valence-corrected chi connectivity index (χ2v) is 4.31. The second-order valence-electron chi connectivity index (χ2n) is 3.54. The molecule has 1 aromatic rings. The molecule has 86 valence electrons. The zero-order chi connectivity index (χ0) is 11.4. The summed E-state index contributed by atoms with van der Waals surface area (Å²) in [7, 11) is 0. The van der Waals surface area contributed by atoms with Gasteiger partial charge in [-0.3, -0.25) is 4.79 Å². The van der Waals surface area contributed by atoms with E-state index in [9.17, 15) is 4.79 Å². The molecule has 6 heteroatoms. The van der Waals surface area contributed by atoms with Crippen molar-refractivity contribution in [2.75, 3.05) is 12.9 Å². The molecule has 5 nitrogen and oxygen atoms in total. The first kappa shape index (κ1) is 11.2. The van der Waals surface area contributed by atoms with Gasteiger partial charge >= 0.3 is 0 Å². The number of nitrogens with one attached hydrogen (secondary N) is 1. The molecule has 0 aliphatic heterocycles. The number of hydrogen-bond donors (Lipinski definition) is 1. The number of carbonyl (C=O) groups excluding carboxylic acids is 1. The number of nitrogens with zero attached hydrogens (tertiary/aromatic N) is 2. The molecule has 2 rings (SSSR count). The van der Waals surface area contributed by atoms with Crippen molar-refractivity contribution >= 4 is 17.7 Å². The van der Waals surface area contributed by atoms with E-state index in [0.29, 0.717) is 16.9 Å². The SMILES string of the molecule is CSc1ncc(OCC(=O)NC2CC2)cn1. The fraction of sp³-hybridized carbons (Fsp3) is 0.500. The average molecular weight is 239 g/mol. The molecule has 0 aromatic carbocycles. The van der Waals surface area contributed by atoms with E-state index in [0.717, 1.165) is 12.8 Å². The van der Waals surface area contributed by atoms with Crippen LogP contribution < -0.4 is 10.1 Å². The normalized spacial score (nSPS) is 14.6. The van der Waals surface area contributed by atoms with Crippen LogP contribution in [0.5, 0.6) is 5.75 Å². The molecule has 1 aromatic heterocycles. The lowest BCUT2D eigenvalue weighted by Gasteiger charge is -2.05. The van der Waals surface area contributed by atoms with Gasteiger partial charge in [0.25, 0.3) is 5.91 Å². The van der Waals surface area contributed by atoms with Crippen molar-refractivity contribution in [3.05, 3.63) is 12.4 Å². The highest BCUT2D eigenvalue weighted by Crippen LogP contribution is 2.18. The van der Waals surface area contributed by atoms with Crippen molar-refractivity contribution in [1.29, 1.82) is 0 Å². The Morgan fingerprint density at radius 2 is 2.25 bits per heavy atom. The van der Waals surface area contributed by atoms with E-state index in [-0.39, 0.29) is 12.5 Å². The molecule has 1 aliphatic carbocycles. The molecular formula is C10H13N3O2S. The average Bonchev–Trinajstić information content (AvgIpc) is 3.11. The Labute approximate surface area is 98.0 Å². The highest BCUT2D eigenvalue weighted by atomic mass is 32.2. The van der Waals surface area contributed by atoms with Gasteiger partial charge < -0.3 is 10.1 Å². The summed E-state index contributed by atoms with van der Waals surface area (Å²) in [5.74, 6) is 0.431.